The molecule has 0 saturated carbocycles. The lowest BCUT2D eigenvalue weighted by molar-refractivity contribution is -0.131. The highest BCUT2D eigenvalue weighted by Gasteiger charge is 2.34. The molecule has 4 nitrogen and oxygen atoms in total. The van der Waals surface area contributed by atoms with Crippen LogP contribution < -0.4 is 4.74 Å². The molecular weight excluding hydrogens is 518 g/mol. The Balaban J connectivity index is 1.27. The lowest BCUT2D eigenvalue weighted by Gasteiger charge is -2.39. The normalized spacial score (nSPS) is 15.3. The molecule has 1 unspecified atom stereocenters. The SMILES string of the molecule is C=C(C)C1CCCCN1C(=O)C(=C)C(C)(C)CCC(=O)CCCCCCOc1cccc(CCCc2ccccc2)c1. The van der Waals surface area contributed by atoms with Gasteiger partial charge in [-0.05, 0) is 93.4 Å². The summed E-state index contributed by atoms with van der Waals surface area (Å²) < 4.78 is 6.01. The third kappa shape index (κ3) is 10.9. The Morgan fingerprint density at radius 2 is 1.60 bits per heavy atom. The van der Waals surface area contributed by atoms with Crippen molar-refractivity contribution in [3.05, 3.63) is 90.0 Å². The van der Waals surface area contributed by atoms with Gasteiger partial charge in [0.25, 0.3) is 0 Å². The average Bonchev–Trinajstić information content (AvgIpc) is 2.99. The molecule has 0 spiro atoms. The molecule has 1 amide bonds. The number of unbranched alkanes of at least 4 members (excludes halogenated alkanes) is 3. The second-order valence-electron chi connectivity index (χ2n) is 12.8. The minimum atomic E-state index is -0.402. The van der Waals surface area contributed by atoms with E-state index in [-0.39, 0.29) is 17.7 Å². The summed E-state index contributed by atoms with van der Waals surface area (Å²) in [7, 11) is 0. The Kier molecular flexibility index (Phi) is 13.6. The third-order valence-electron chi connectivity index (χ3n) is 8.73. The number of carbonyl (C=O) groups is 2. The molecular formula is C38H53NO3. The first-order valence-electron chi connectivity index (χ1n) is 16.1. The number of Topliss-reactive ketones (excluding diaryl/α,β-unsaturated/α-hetero) is 1. The fourth-order valence-electron chi connectivity index (χ4n) is 5.78. The van der Waals surface area contributed by atoms with Gasteiger partial charge < -0.3 is 9.64 Å². The Bertz CT molecular complexity index is 1170. The number of amides is 1. The van der Waals surface area contributed by atoms with Gasteiger partial charge in [-0.3, -0.25) is 9.59 Å². The first kappa shape index (κ1) is 33.4. The largest absolute Gasteiger partial charge is 0.494 e. The monoisotopic (exact) mass is 571 g/mol. The highest BCUT2D eigenvalue weighted by atomic mass is 16.5. The van der Waals surface area contributed by atoms with Crippen LogP contribution in [-0.2, 0) is 22.4 Å². The minimum Gasteiger partial charge on any atom is -0.494 e. The summed E-state index contributed by atoms with van der Waals surface area (Å²) in [4.78, 5) is 27.9. The van der Waals surface area contributed by atoms with Crippen LogP contribution in [0.5, 0.6) is 5.75 Å². The molecule has 1 fully saturated rings. The lowest BCUT2D eigenvalue weighted by atomic mass is 9.78. The maximum Gasteiger partial charge on any atom is 0.250 e. The van der Waals surface area contributed by atoms with Gasteiger partial charge >= 0.3 is 0 Å². The second kappa shape index (κ2) is 17.1. The summed E-state index contributed by atoms with van der Waals surface area (Å²) >= 11 is 0. The van der Waals surface area contributed by atoms with E-state index in [2.05, 4.69) is 61.7 Å². The van der Waals surface area contributed by atoms with E-state index < -0.39 is 5.41 Å². The van der Waals surface area contributed by atoms with Crippen LogP contribution in [0.1, 0.15) is 103 Å². The Morgan fingerprint density at radius 1 is 0.881 bits per heavy atom. The van der Waals surface area contributed by atoms with Gasteiger partial charge in [-0.2, -0.15) is 0 Å². The van der Waals surface area contributed by atoms with Crippen molar-refractivity contribution in [3.63, 3.8) is 0 Å². The molecule has 0 aromatic heterocycles. The van der Waals surface area contributed by atoms with Crippen LogP contribution in [0, 0.1) is 5.41 Å². The van der Waals surface area contributed by atoms with E-state index >= 15 is 0 Å². The van der Waals surface area contributed by atoms with Gasteiger partial charge in [-0.1, -0.05) is 87.9 Å². The molecule has 2 aromatic rings. The number of likely N-dealkylation sites (tertiary alicyclic amines) is 1. The minimum absolute atomic E-state index is 0.0251. The molecule has 1 heterocycles. The van der Waals surface area contributed by atoms with E-state index in [0.29, 0.717) is 31.4 Å². The smallest absolute Gasteiger partial charge is 0.250 e. The summed E-state index contributed by atoms with van der Waals surface area (Å²) in [5, 5.41) is 0. The molecule has 0 bridgehead atoms. The standard InChI is InChI=1S/C38H53NO3/c1-30(2)36-24-12-13-27-39(36)37(41)31(3)38(4,5)26-25-34(40)22-11-6-7-14-28-42-35-23-16-21-33(29-35)20-15-19-32-17-9-8-10-18-32/h8-10,16-18,21,23,29,36H,1,3,6-7,11-15,19-20,22,24-28H2,2,4-5H3. The Labute approximate surface area is 255 Å². The lowest BCUT2D eigenvalue weighted by Crippen LogP contribution is -2.46. The van der Waals surface area contributed by atoms with Crippen molar-refractivity contribution in [2.75, 3.05) is 13.2 Å². The summed E-state index contributed by atoms with van der Waals surface area (Å²) in [6.45, 7) is 15.8. The number of benzene rings is 2. The molecule has 42 heavy (non-hydrogen) atoms. The summed E-state index contributed by atoms with van der Waals surface area (Å²) in [5.41, 5.74) is 3.95. The van der Waals surface area contributed by atoms with Crippen LogP contribution in [0.25, 0.3) is 0 Å². The first-order valence-corrected chi connectivity index (χ1v) is 16.1. The summed E-state index contributed by atoms with van der Waals surface area (Å²) in [6.07, 6.45) is 12.1. The predicted molar refractivity (Wildman–Crippen MR) is 175 cm³/mol. The van der Waals surface area contributed by atoms with Crippen LogP contribution in [0.2, 0.25) is 0 Å². The number of ether oxygens (including phenoxy) is 1. The van der Waals surface area contributed by atoms with Crippen LogP contribution in [0.4, 0.5) is 0 Å². The maximum atomic E-state index is 13.3. The van der Waals surface area contributed by atoms with E-state index in [1.54, 1.807) is 0 Å². The van der Waals surface area contributed by atoms with Crippen LogP contribution in [-0.4, -0.2) is 35.8 Å². The Hall–Kier alpha value is -3.14. The van der Waals surface area contributed by atoms with E-state index in [1.165, 1.54) is 11.1 Å². The molecule has 1 aliphatic heterocycles. The van der Waals surface area contributed by atoms with E-state index in [0.717, 1.165) is 82.1 Å². The van der Waals surface area contributed by atoms with Crippen molar-refractivity contribution < 1.29 is 14.3 Å². The Morgan fingerprint density at radius 3 is 2.36 bits per heavy atom. The number of nitrogens with zero attached hydrogens (tertiary/aromatic N) is 1. The van der Waals surface area contributed by atoms with E-state index in [4.69, 9.17) is 4.74 Å². The van der Waals surface area contributed by atoms with Crippen molar-refractivity contribution in [1.82, 2.24) is 4.90 Å². The topological polar surface area (TPSA) is 46.6 Å². The molecule has 0 N–H and O–H groups in total. The molecule has 4 heteroatoms. The van der Waals surface area contributed by atoms with Crippen LogP contribution in [0.3, 0.4) is 0 Å². The fourth-order valence-corrected chi connectivity index (χ4v) is 5.78. The van der Waals surface area contributed by atoms with E-state index in [9.17, 15) is 9.59 Å². The van der Waals surface area contributed by atoms with Crippen molar-refractivity contribution >= 4 is 11.7 Å². The number of aryl methyl sites for hydroxylation is 2. The number of piperidine rings is 1. The molecule has 1 aliphatic rings. The zero-order valence-electron chi connectivity index (χ0n) is 26.5. The van der Waals surface area contributed by atoms with Gasteiger partial charge in [0.05, 0.1) is 12.6 Å². The van der Waals surface area contributed by atoms with Gasteiger partial charge in [-0.25, -0.2) is 0 Å². The van der Waals surface area contributed by atoms with Gasteiger partial charge in [0.15, 0.2) is 0 Å². The average molecular weight is 572 g/mol. The zero-order valence-corrected chi connectivity index (χ0v) is 26.5. The number of hydrogen-bond acceptors (Lipinski definition) is 3. The molecule has 1 atom stereocenters. The molecule has 1 saturated heterocycles. The third-order valence-corrected chi connectivity index (χ3v) is 8.73. The fraction of sp³-hybridized carbons (Fsp3) is 0.526. The molecule has 0 radical (unpaired) electrons. The number of carbonyl (C=O) groups excluding carboxylic acids is 2. The summed E-state index contributed by atoms with van der Waals surface area (Å²) in [5.74, 6) is 1.25. The molecule has 228 valence electrons. The van der Waals surface area contributed by atoms with Crippen molar-refractivity contribution in [1.29, 1.82) is 0 Å². The highest BCUT2D eigenvalue weighted by Crippen LogP contribution is 2.34. The van der Waals surface area contributed by atoms with Crippen molar-refractivity contribution in [2.45, 2.75) is 110 Å². The summed E-state index contributed by atoms with van der Waals surface area (Å²) in [6, 6.07) is 19.2. The van der Waals surface area contributed by atoms with Gasteiger partial charge in [0.1, 0.15) is 11.5 Å². The highest BCUT2D eigenvalue weighted by molar-refractivity contribution is 5.94. The maximum absolute atomic E-state index is 13.3. The quantitative estimate of drug-likeness (QED) is 0.102. The second-order valence-corrected chi connectivity index (χ2v) is 12.8. The van der Waals surface area contributed by atoms with E-state index in [1.807, 2.05) is 31.7 Å². The number of rotatable bonds is 18. The molecule has 3 rings (SSSR count). The number of hydrogen-bond donors (Lipinski definition) is 0. The van der Waals surface area contributed by atoms with Crippen molar-refractivity contribution in [3.8, 4) is 5.75 Å². The predicted octanol–water partition coefficient (Wildman–Crippen LogP) is 9.08. The van der Waals surface area contributed by atoms with Crippen molar-refractivity contribution in [2.24, 2.45) is 5.41 Å². The van der Waals surface area contributed by atoms with Gasteiger partial charge in [0.2, 0.25) is 5.91 Å². The van der Waals surface area contributed by atoms with Crippen LogP contribution in [0.15, 0.2) is 78.9 Å². The van der Waals surface area contributed by atoms with Gasteiger partial charge in [0, 0.05) is 25.0 Å². The first-order chi connectivity index (χ1) is 20.2. The zero-order chi connectivity index (χ0) is 30.4. The van der Waals surface area contributed by atoms with Gasteiger partial charge in [-0.15, -0.1) is 0 Å². The molecule has 0 aliphatic carbocycles. The number of ketones is 1. The molecule has 2 aromatic carbocycles. The van der Waals surface area contributed by atoms with Crippen LogP contribution >= 0.6 is 0 Å².